The van der Waals surface area contributed by atoms with Crippen LogP contribution in [0, 0.1) is 0 Å². The van der Waals surface area contributed by atoms with Crippen LogP contribution in [0.4, 0.5) is 5.69 Å². The van der Waals surface area contributed by atoms with Gasteiger partial charge in [0.2, 0.25) is 0 Å². The molecule has 1 aromatic carbocycles. The lowest BCUT2D eigenvalue weighted by Gasteiger charge is -2.12. The van der Waals surface area contributed by atoms with Crippen LogP contribution in [-0.4, -0.2) is 11.7 Å². The summed E-state index contributed by atoms with van der Waals surface area (Å²) in [6.45, 7) is 0.424. The lowest BCUT2D eigenvalue weighted by molar-refractivity contribution is 0.171. The quantitative estimate of drug-likeness (QED) is 0.645. The first-order valence-corrected chi connectivity index (χ1v) is 4.46. The van der Waals surface area contributed by atoms with E-state index in [-0.39, 0.29) is 0 Å². The molecule has 0 saturated carbocycles. The first kappa shape index (κ1) is 10.3. The summed E-state index contributed by atoms with van der Waals surface area (Å²) in [4.78, 5) is 0. The molecule has 72 valence electrons. The van der Waals surface area contributed by atoms with E-state index in [1.165, 1.54) is 0 Å². The molecule has 0 aliphatic carbocycles. The molecule has 1 rings (SSSR count). The van der Waals surface area contributed by atoms with E-state index in [2.05, 4.69) is 0 Å². The monoisotopic (exact) mass is 200 g/mol. The number of nitrogens with two attached hydrogens (primary N) is 2. The second kappa shape index (κ2) is 4.46. The Balaban J connectivity index is 2.91. The fourth-order valence-electron chi connectivity index (χ4n) is 1.15. The maximum atomic E-state index is 9.61. The lowest BCUT2D eigenvalue weighted by Crippen LogP contribution is -2.08. The van der Waals surface area contributed by atoms with Crippen molar-refractivity contribution >= 4 is 17.3 Å². The fourth-order valence-corrected chi connectivity index (χ4v) is 1.33. The van der Waals surface area contributed by atoms with E-state index in [1.807, 2.05) is 0 Å². The van der Waals surface area contributed by atoms with Crippen molar-refractivity contribution in [3.63, 3.8) is 0 Å². The molecule has 0 aliphatic heterocycles. The number of hydrogen-bond acceptors (Lipinski definition) is 3. The number of halogens is 1. The molecule has 0 aliphatic rings. The molecule has 5 N–H and O–H groups in total. The van der Waals surface area contributed by atoms with E-state index in [0.29, 0.717) is 29.2 Å². The van der Waals surface area contributed by atoms with Crippen molar-refractivity contribution in [1.82, 2.24) is 0 Å². The van der Waals surface area contributed by atoms with E-state index in [9.17, 15) is 5.11 Å². The summed E-state index contributed by atoms with van der Waals surface area (Å²) in [7, 11) is 0. The smallest absolute Gasteiger partial charge is 0.0822 e. The number of rotatable bonds is 3. The van der Waals surface area contributed by atoms with Crippen molar-refractivity contribution in [2.45, 2.75) is 12.5 Å². The van der Waals surface area contributed by atoms with Gasteiger partial charge in [-0.25, -0.2) is 0 Å². The van der Waals surface area contributed by atoms with E-state index in [4.69, 9.17) is 23.1 Å². The molecule has 13 heavy (non-hydrogen) atoms. The summed E-state index contributed by atoms with van der Waals surface area (Å²) in [6, 6.07) is 5.03. The normalized spacial score (nSPS) is 12.8. The van der Waals surface area contributed by atoms with Gasteiger partial charge in [-0.1, -0.05) is 11.6 Å². The second-order valence-electron chi connectivity index (χ2n) is 2.87. The number of nitrogen functional groups attached to an aromatic ring is 1. The van der Waals surface area contributed by atoms with Gasteiger partial charge in [-0.15, -0.1) is 0 Å². The molecule has 0 fully saturated rings. The summed E-state index contributed by atoms with van der Waals surface area (Å²) in [5, 5.41) is 10.2. The average molecular weight is 201 g/mol. The molecule has 0 saturated heterocycles. The standard InChI is InChI=1S/C9H13ClN2O/c10-6-1-2-8(12)7(5-6)9(13)3-4-11/h1-2,5,9,13H,3-4,11-12H2. The summed E-state index contributed by atoms with van der Waals surface area (Å²) in [5.41, 5.74) is 12.2. The fraction of sp³-hybridized carbons (Fsp3) is 0.333. The van der Waals surface area contributed by atoms with E-state index >= 15 is 0 Å². The van der Waals surface area contributed by atoms with Gasteiger partial charge in [0.25, 0.3) is 0 Å². The van der Waals surface area contributed by atoms with E-state index < -0.39 is 6.10 Å². The van der Waals surface area contributed by atoms with Crippen LogP contribution in [0.15, 0.2) is 18.2 Å². The summed E-state index contributed by atoms with van der Waals surface area (Å²) in [5.74, 6) is 0. The zero-order valence-electron chi connectivity index (χ0n) is 7.20. The molecule has 3 nitrogen and oxygen atoms in total. The van der Waals surface area contributed by atoms with Crippen LogP contribution in [0.5, 0.6) is 0 Å². The SMILES string of the molecule is NCCC(O)c1cc(Cl)ccc1N. The molecule has 1 atom stereocenters. The lowest BCUT2D eigenvalue weighted by atomic mass is 10.0. The number of benzene rings is 1. The zero-order valence-corrected chi connectivity index (χ0v) is 7.96. The summed E-state index contributed by atoms with van der Waals surface area (Å²) >= 11 is 5.76. The summed E-state index contributed by atoms with van der Waals surface area (Å²) in [6.07, 6.45) is -0.131. The molecule has 0 amide bonds. The van der Waals surface area contributed by atoms with Crippen molar-refractivity contribution in [3.8, 4) is 0 Å². The van der Waals surface area contributed by atoms with Crippen LogP contribution in [0.1, 0.15) is 18.1 Å². The molecule has 1 unspecified atom stereocenters. The number of aliphatic hydroxyl groups excluding tert-OH is 1. The Bertz CT molecular complexity index is 291. The van der Waals surface area contributed by atoms with Crippen LogP contribution in [0.25, 0.3) is 0 Å². The number of hydrogen-bond donors (Lipinski definition) is 3. The Kier molecular flexibility index (Phi) is 3.54. The molecule has 0 spiro atoms. The topological polar surface area (TPSA) is 72.3 Å². The highest BCUT2D eigenvalue weighted by atomic mass is 35.5. The third kappa shape index (κ3) is 2.59. The second-order valence-corrected chi connectivity index (χ2v) is 3.30. The molecular formula is C9H13ClN2O. The Morgan fingerprint density at radius 2 is 2.15 bits per heavy atom. The van der Waals surface area contributed by atoms with Crippen LogP contribution >= 0.6 is 11.6 Å². The molecule has 0 bridgehead atoms. The van der Waals surface area contributed by atoms with E-state index in [1.54, 1.807) is 18.2 Å². The molecular weight excluding hydrogens is 188 g/mol. The van der Waals surface area contributed by atoms with Crippen LogP contribution in [-0.2, 0) is 0 Å². The minimum absolute atomic E-state index is 0.424. The summed E-state index contributed by atoms with van der Waals surface area (Å²) < 4.78 is 0. The molecule has 4 heteroatoms. The maximum absolute atomic E-state index is 9.61. The highest BCUT2D eigenvalue weighted by Gasteiger charge is 2.10. The number of aliphatic hydroxyl groups is 1. The molecule has 1 aromatic rings. The van der Waals surface area contributed by atoms with Gasteiger partial charge in [0, 0.05) is 16.3 Å². The number of anilines is 1. The van der Waals surface area contributed by atoms with Gasteiger partial charge in [0.15, 0.2) is 0 Å². The minimum atomic E-state index is -0.622. The van der Waals surface area contributed by atoms with Gasteiger partial charge in [-0.3, -0.25) is 0 Å². The van der Waals surface area contributed by atoms with Gasteiger partial charge in [-0.2, -0.15) is 0 Å². The van der Waals surface area contributed by atoms with Gasteiger partial charge in [0.1, 0.15) is 0 Å². The Hall–Kier alpha value is -0.770. The van der Waals surface area contributed by atoms with Crippen molar-refractivity contribution in [1.29, 1.82) is 0 Å². The van der Waals surface area contributed by atoms with Crippen molar-refractivity contribution in [2.24, 2.45) is 5.73 Å². The van der Waals surface area contributed by atoms with Gasteiger partial charge in [-0.05, 0) is 31.2 Å². The minimum Gasteiger partial charge on any atom is -0.398 e. The molecule has 0 heterocycles. The maximum Gasteiger partial charge on any atom is 0.0822 e. The van der Waals surface area contributed by atoms with Gasteiger partial charge < -0.3 is 16.6 Å². The average Bonchev–Trinajstić information content (AvgIpc) is 2.09. The van der Waals surface area contributed by atoms with Gasteiger partial charge >= 0.3 is 0 Å². The highest BCUT2D eigenvalue weighted by molar-refractivity contribution is 6.30. The van der Waals surface area contributed by atoms with Crippen LogP contribution in [0.3, 0.4) is 0 Å². The predicted octanol–water partition coefficient (Wildman–Crippen LogP) is 1.30. The third-order valence-electron chi connectivity index (χ3n) is 1.85. The first-order chi connectivity index (χ1) is 6.15. The van der Waals surface area contributed by atoms with Crippen LogP contribution < -0.4 is 11.5 Å². The third-order valence-corrected chi connectivity index (χ3v) is 2.08. The van der Waals surface area contributed by atoms with Gasteiger partial charge in [0.05, 0.1) is 6.10 Å². The Labute approximate surface area is 82.3 Å². The molecule has 0 radical (unpaired) electrons. The first-order valence-electron chi connectivity index (χ1n) is 4.08. The highest BCUT2D eigenvalue weighted by Crippen LogP contribution is 2.25. The van der Waals surface area contributed by atoms with Crippen molar-refractivity contribution < 1.29 is 5.11 Å². The van der Waals surface area contributed by atoms with E-state index in [0.717, 1.165) is 0 Å². The van der Waals surface area contributed by atoms with Crippen LogP contribution in [0.2, 0.25) is 5.02 Å². The largest absolute Gasteiger partial charge is 0.398 e. The van der Waals surface area contributed by atoms with Crippen molar-refractivity contribution in [3.05, 3.63) is 28.8 Å². The van der Waals surface area contributed by atoms with Crippen molar-refractivity contribution in [2.75, 3.05) is 12.3 Å². The molecule has 0 aromatic heterocycles. The Morgan fingerprint density at radius 1 is 1.46 bits per heavy atom. The Morgan fingerprint density at radius 3 is 2.77 bits per heavy atom. The predicted molar refractivity (Wildman–Crippen MR) is 54.5 cm³/mol. The zero-order chi connectivity index (χ0) is 9.84.